The zero-order chi connectivity index (χ0) is 57.0. The third-order valence-corrected chi connectivity index (χ3v) is 14.6. The zero-order valence-electron chi connectivity index (χ0n) is 48.4. The first-order valence-corrected chi connectivity index (χ1v) is 28.1. The van der Waals surface area contributed by atoms with Crippen LogP contribution in [-0.4, -0.2) is 0 Å². The van der Waals surface area contributed by atoms with Crippen LogP contribution in [-0.2, 0) is 52.9 Å². The fourth-order valence-corrected chi connectivity index (χ4v) is 10.5. The minimum absolute atomic E-state index is 0.149. The first-order valence-electron chi connectivity index (χ1n) is 28.1. The molecule has 0 N–H and O–H groups in total. The van der Waals surface area contributed by atoms with Crippen molar-refractivity contribution in [3.63, 3.8) is 0 Å². The highest BCUT2D eigenvalue weighted by atomic mass is 16.5. The van der Waals surface area contributed by atoms with E-state index in [1.807, 2.05) is 97.1 Å². The number of hydrogen-bond donors (Lipinski definition) is 0. The van der Waals surface area contributed by atoms with Crippen molar-refractivity contribution in [2.24, 2.45) is 0 Å². The van der Waals surface area contributed by atoms with Crippen LogP contribution in [0.4, 0.5) is 0 Å². The lowest BCUT2D eigenvalue weighted by Gasteiger charge is -2.30. The van der Waals surface area contributed by atoms with Crippen LogP contribution in [0.15, 0.2) is 194 Å². The van der Waals surface area contributed by atoms with Crippen LogP contribution in [0.25, 0.3) is 10.8 Å². The van der Waals surface area contributed by atoms with Gasteiger partial charge in [0.25, 0.3) is 0 Å². The van der Waals surface area contributed by atoms with Crippen molar-refractivity contribution >= 4 is 10.8 Å². The van der Waals surface area contributed by atoms with Gasteiger partial charge in [0, 0.05) is 44.5 Å². The van der Waals surface area contributed by atoms with E-state index in [0.29, 0.717) is 0 Å². The highest BCUT2D eigenvalue weighted by Gasteiger charge is 2.31. The van der Waals surface area contributed by atoms with Crippen LogP contribution >= 0.6 is 0 Å². The molecule has 0 radical (unpaired) electrons. The molecule has 0 unspecified atom stereocenters. The Morgan fingerprint density at radius 1 is 0.183 bits per heavy atom. The molecule has 8 nitrogen and oxygen atoms in total. The van der Waals surface area contributed by atoms with Crippen LogP contribution < -0.4 is 37.9 Å². The van der Waals surface area contributed by atoms with E-state index in [2.05, 4.69) is 152 Å². The van der Waals surface area contributed by atoms with Crippen LogP contribution in [0.3, 0.4) is 0 Å². The summed E-state index contributed by atoms with van der Waals surface area (Å²) in [6, 6.07) is 65.4. The molecule has 0 aromatic heterocycles. The lowest BCUT2D eigenvalue weighted by molar-refractivity contribution is 0.263. The molecule has 0 bridgehead atoms. The van der Waals surface area contributed by atoms with Gasteiger partial charge in [0.1, 0.15) is 98.9 Å². The molecule has 0 aliphatic heterocycles. The summed E-state index contributed by atoms with van der Waals surface area (Å²) in [7, 11) is 0. The molecule has 0 saturated carbocycles. The van der Waals surface area contributed by atoms with E-state index in [-0.39, 0.29) is 52.9 Å². The average Bonchev–Trinajstić information content (AvgIpc) is 2.22. The van der Waals surface area contributed by atoms with Gasteiger partial charge in [-0.1, -0.05) is 97.1 Å². The summed E-state index contributed by atoms with van der Waals surface area (Å²) in [6.45, 7) is 17.9. The Morgan fingerprint density at radius 2 is 0.317 bits per heavy atom. The summed E-state index contributed by atoms with van der Waals surface area (Å²) in [5.41, 5.74) is 15.8. The second-order valence-electron chi connectivity index (χ2n) is 21.4. The van der Waals surface area contributed by atoms with Crippen molar-refractivity contribution in [3.8, 4) is 46.0 Å². The van der Waals surface area contributed by atoms with Gasteiger partial charge >= 0.3 is 0 Å². The molecule has 0 aliphatic rings. The maximum absolute atomic E-state index is 7.10. The van der Waals surface area contributed by atoms with Crippen molar-refractivity contribution in [1.29, 1.82) is 0 Å². The molecule has 0 fully saturated rings. The van der Waals surface area contributed by atoms with Gasteiger partial charge in [0.15, 0.2) is 0 Å². The Balaban J connectivity index is 1.35. The molecule has 416 valence electrons. The number of aryl methyl sites for hydroxylation is 8. The Labute approximate surface area is 483 Å². The summed E-state index contributed by atoms with van der Waals surface area (Å²) in [4.78, 5) is 0. The van der Waals surface area contributed by atoms with Gasteiger partial charge in [-0.15, -0.1) is 0 Å². The molecule has 0 atom stereocenters. The van der Waals surface area contributed by atoms with Crippen LogP contribution in [0.1, 0.15) is 89.0 Å². The molecule has 10 aromatic rings. The van der Waals surface area contributed by atoms with Gasteiger partial charge in [-0.25, -0.2) is 0 Å². The Bertz CT molecular complexity index is 3350. The minimum Gasteiger partial charge on any atom is -0.489 e. The van der Waals surface area contributed by atoms with Crippen molar-refractivity contribution < 1.29 is 37.9 Å². The highest BCUT2D eigenvalue weighted by Crippen LogP contribution is 2.44. The number of hydrogen-bond acceptors (Lipinski definition) is 8. The van der Waals surface area contributed by atoms with E-state index in [1.165, 1.54) is 0 Å². The summed E-state index contributed by atoms with van der Waals surface area (Å²) < 4.78 is 56.5. The Kier molecular flexibility index (Phi) is 18.1. The number of fused-ring (bicyclic) bond motifs is 1. The van der Waals surface area contributed by atoms with E-state index < -0.39 is 0 Å². The molecular formula is C74H72O8. The second-order valence-corrected chi connectivity index (χ2v) is 21.4. The number of benzene rings is 10. The fourth-order valence-electron chi connectivity index (χ4n) is 10.5. The first kappa shape index (κ1) is 56.1. The number of ether oxygens (including phenoxy) is 8. The maximum Gasteiger partial charge on any atom is 0.120 e. The summed E-state index contributed by atoms with van der Waals surface area (Å²) >= 11 is 0. The Morgan fingerprint density at radius 3 is 0.451 bits per heavy atom. The standard InChI is InChI=1S/C74H72O8/c1-49-17-9-25-57(33-49)75-41-65-66(42-76-58-26-10-18-50(2)34-58)70(46-80-62-30-14-22-54(6)38-62)74-72(48-82-64-32-16-24-56(8)40-64)68(44-78-60-28-12-20-52(4)36-60)67(43-77-59-27-11-19-51(3)35-59)71(47-81-63-31-15-23-55(7)39-63)73(74)69(65)45-79-61-29-13-21-53(5)37-61/h9-40H,41-48H2,1-8H3. The quantitative estimate of drug-likeness (QED) is 0.0593. The van der Waals surface area contributed by atoms with Gasteiger partial charge in [-0.05, 0) is 208 Å². The van der Waals surface area contributed by atoms with Crippen molar-refractivity contribution in [2.75, 3.05) is 0 Å². The molecule has 0 aliphatic carbocycles. The smallest absolute Gasteiger partial charge is 0.120 e. The van der Waals surface area contributed by atoms with E-state index >= 15 is 0 Å². The van der Waals surface area contributed by atoms with E-state index in [0.717, 1.165) is 146 Å². The summed E-state index contributed by atoms with van der Waals surface area (Å²) in [5, 5.41) is 1.82. The molecule has 10 rings (SSSR count). The Hall–Kier alpha value is -9.14. The fraction of sp³-hybridized carbons (Fsp3) is 0.216. The predicted octanol–water partition coefficient (Wildman–Crippen LogP) is 17.9. The molecule has 0 amide bonds. The highest BCUT2D eigenvalue weighted by molar-refractivity contribution is 5.98. The van der Waals surface area contributed by atoms with Gasteiger partial charge in [0.05, 0.1) is 0 Å². The molecule has 8 heteroatoms. The SMILES string of the molecule is Cc1cccc(OCc2c(COc3cccc(C)c3)c(COc3cccc(C)c3)c3c(COc4cccc(C)c4)c(COc4cccc(C)c4)c(COc4cccc(C)c4)c(COc4cccc(C)c4)c3c2COc2cccc(C)c2)c1. The van der Waals surface area contributed by atoms with Gasteiger partial charge < -0.3 is 37.9 Å². The maximum atomic E-state index is 7.10. The second kappa shape index (κ2) is 26.4. The monoisotopic (exact) mass is 1090 g/mol. The summed E-state index contributed by atoms with van der Waals surface area (Å²) in [6.07, 6.45) is 0. The topological polar surface area (TPSA) is 73.8 Å². The number of rotatable bonds is 24. The molecule has 82 heavy (non-hydrogen) atoms. The third kappa shape index (κ3) is 14.4. The zero-order valence-corrected chi connectivity index (χ0v) is 48.4. The van der Waals surface area contributed by atoms with Crippen molar-refractivity contribution in [3.05, 3.63) is 283 Å². The third-order valence-electron chi connectivity index (χ3n) is 14.6. The lowest BCUT2D eigenvalue weighted by atomic mass is 9.81. The molecule has 0 saturated heterocycles. The van der Waals surface area contributed by atoms with E-state index in [9.17, 15) is 0 Å². The van der Waals surface area contributed by atoms with Crippen LogP contribution in [0.2, 0.25) is 0 Å². The molecular weight excluding hydrogens is 1020 g/mol. The van der Waals surface area contributed by atoms with E-state index in [1.54, 1.807) is 0 Å². The molecule has 0 spiro atoms. The van der Waals surface area contributed by atoms with Gasteiger partial charge in [-0.2, -0.15) is 0 Å². The van der Waals surface area contributed by atoms with Crippen molar-refractivity contribution in [1.82, 2.24) is 0 Å². The van der Waals surface area contributed by atoms with Crippen LogP contribution in [0.5, 0.6) is 46.0 Å². The largest absolute Gasteiger partial charge is 0.489 e. The van der Waals surface area contributed by atoms with E-state index in [4.69, 9.17) is 37.9 Å². The van der Waals surface area contributed by atoms with Crippen molar-refractivity contribution in [2.45, 2.75) is 108 Å². The average molecular weight is 1090 g/mol. The first-order chi connectivity index (χ1) is 39.9. The lowest BCUT2D eigenvalue weighted by Crippen LogP contribution is -2.20. The molecule has 0 heterocycles. The molecule has 10 aromatic carbocycles. The normalized spacial score (nSPS) is 11.1. The predicted molar refractivity (Wildman–Crippen MR) is 328 cm³/mol. The summed E-state index contributed by atoms with van der Waals surface area (Å²) in [5.74, 6) is 5.87. The van der Waals surface area contributed by atoms with Crippen LogP contribution in [0, 0.1) is 55.4 Å². The van der Waals surface area contributed by atoms with Gasteiger partial charge in [0.2, 0.25) is 0 Å². The minimum atomic E-state index is 0.149. The van der Waals surface area contributed by atoms with Gasteiger partial charge in [-0.3, -0.25) is 0 Å².